The summed E-state index contributed by atoms with van der Waals surface area (Å²) < 4.78 is 5.12. The fraction of sp³-hybridized carbons (Fsp3) is 0.333. The van der Waals surface area contributed by atoms with E-state index >= 15 is 0 Å². The van der Waals surface area contributed by atoms with E-state index in [0.29, 0.717) is 5.88 Å². The lowest BCUT2D eigenvalue weighted by atomic mass is 10.2. The van der Waals surface area contributed by atoms with Crippen LogP contribution in [0.1, 0.15) is 0 Å². The molecule has 1 saturated heterocycles. The minimum Gasteiger partial charge on any atom is -0.480 e. The van der Waals surface area contributed by atoms with Crippen LogP contribution in [-0.2, 0) is 0 Å². The number of aromatic nitrogens is 2. The maximum atomic E-state index is 5.85. The van der Waals surface area contributed by atoms with Crippen LogP contribution in [0.25, 0.3) is 0 Å². The molecule has 3 rings (SSSR count). The highest BCUT2D eigenvalue weighted by atomic mass is 16.5. The molecule has 2 aromatic rings. The minimum atomic E-state index is 0.547. The summed E-state index contributed by atoms with van der Waals surface area (Å²) in [6, 6.07) is 8.01. The highest BCUT2D eigenvalue weighted by Crippen LogP contribution is 2.21. The molecule has 1 fully saturated rings. The van der Waals surface area contributed by atoms with E-state index in [0.717, 1.165) is 37.7 Å². The molecule has 0 radical (unpaired) electrons. The third kappa shape index (κ3) is 2.99. The number of nitrogen functional groups attached to an aromatic ring is 1. The van der Waals surface area contributed by atoms with Gasteiger partial charge in [0.05, 0.1) is 19.5 Å². The molecule has 1 aliphatic rings. The Hall–Kier alpha value is -2.50. The van der Waals surface area contributed by atoms with E-state index in [4.69, 9.17) is 10.5 Å². The van der Waals surface area contributed by atoms with Gasteiger partial charge in [-0.05, 0) is 18.2 Å². The predicted molar refractivity (Wildman–Crippen MR) is 83.9 cm³/mol. The van der Waals surface area contributed by atoms with Crippen molar-refractivity contribution in [2.45, 2.75) is 0 Å². The van der Waals surface area contributed by atoms with Gasteiger partial charge >= 0.3 is 0 Å². The van der Waals surface area contributed by atoms with Crippen molar-refractivity contribution < 1.29 is 4.74 Å². The van der Waals surface area contributed by atoms with Gasteiger partial charge in [0.1, 0.15) is 0 Å². The lowest BCUT2D eigenvalue weighted by molar-refractivity contribution is 0.395. The second-order valence-electron chi connectivity index (χ2n) is 4.99. The van der Waals surface area contributed by atoms with Crippen molar-refractivity contribution >= 4 is 17.2 Å². The van der Waals surface area contributed by atoms with E-state index in [1.165, 1.54) is 5.69 Å². The first kappa shape index (κ1) is 13.5. The molecule has 0 bridgehead atoms. The zero-order valence-electron chi connectivity index (χ0n) is 12.1. The SMILES string of the molecule is COc1cncc(N2CCN(c3cccc(N)c3)CC2)n1. The number of hydrogen-bond acceptors (Lipinski definition) is 6. The number of ether oxygens (including phenoxy) is 1. The highest BCUT2D eigenvalue weighted by molar-refractivity contribution is 5.57. The van der Waals surface area contributed by atoms with Gasteiger partial charge in [-0.3, -0.25) is 4.98 Å². The summed E-state index contributed by atoms with van der Waals surface area (Å²) in [5, 5.41) is 0. The Balaban J connectivity index is 1.67. The van der Waals surface area contributed by atoms with Crippen LogP contribution in [0.3, 0.4) is 0 Å². The van der Waals surface area contributed by atoms with Gasteiger partial charge < -0.3 is 20.3 Å². The Kier molecular flexibility index (Phi) is 3.77. The first-order chi connectivity index (χ1) is 10.3. The molecule has 2 N–H and O–H groups in total. The summed E-state index contributed by atoms with van der Waals surface area (Å²) in [6.07, 6.45) is 3.39. The van der Waals surface area contributed by atoms with Gasteiger partial charge in [-0.15, -0.1) is 0 Å². The second-order valence-corrected chi connectivity index (χ2v) is 4.99. The number of nitrogens with two attached hydrogens (primary N) is 1. The summed E-state index contributed by atoms with van der Waals surface area (Å²) in [4.78, 5) is 13.1. The van der Waals surface area contributed by atoms with Crippen molar-refractivity contribution in [3.05, 3.63) is 36.7 Å². The van der Waals surface area contributed by atoms with Gasteiger partial charge in [0.15, 0.2) is 5.82 Å². The number of benzene rings is 1. The van der Waals surface area contributed by atoms with Crippen molar-refractivity contribution in [2.75, 3.05) is 48.8 Å². The van der Waals surface area contributed by atoms with Crippen LogP contribution in [0.2, 0.25) is 0 Å². The van der Waals surface area contributed by atoms with E-state index < -0.39 is 0 Å². The molecule has 1 aromatic carbocycles. The van der Waals surface area contributed by atoms with E-state index in [2.05, 4.69) is 25.8 Å². The standard InChI is InChI=1S/C15H19N5O/c1-21-15-11-17-10-14(18-15)20-7-5-19(6-8-20)13-4-2-3-12(16)9-13/h2-4,9-11H,5-8,16H2,1H3. The number of rotatable bonds is 3. The van der Waals surface area contributed by atoms with Crippen LogP contribution in [-0.4, -0.2) is 43.3 Å². The zero-order chi connectivity index (χ0) is 14.7. The molecule has 0 unspecified atom stereocenters. The minimum absolute atomic E-state index is 0.547. The van der Waals surface area contributed by atoms with Crippen molar-refractivity contribution in [2.24, 2.45) is 0 Å². The topological polar surface area (TPSA) is 67.5 Å². The fourth-order valence-corrected chi connectivity index (χ4v) is 2.50. The molecule has 2 heterocycles. The quantitative estimate of drug-likeness (QED) is 0.860. The second kappa shape index (κ2) is 5.87. The lowest BCUT2D eigenvalue weighted by Gasteiger charge is -2.36. The smallest absolute Gasteiger partial charge is 0.233 e. The van der Waals surface area contributed by atoms with Crippen molar-refractivity contribution in [1.82, 2.24) is 9.97 Å². The van der Waals surface area contributed by atoms with Crippen molar-refractivity contribution in [3.8, 4) is 5.88 Å². The van der Waals surface area contributed by atoms with Gasteiger partial charge in [-0.25, -0.2) is 0 Å². The Morgan fingerprint density at radius 2 is 1.86 bits per heavy atom. The summed E-state index contributed by atoms with van der Waals surface area (Å²) in [7, 11) is 1.60. The molecule has 6 nitrogen and oxygen atoms in total. The van der Waals surface area contributed by atoms with Gasteiger partial charge in [0.2, 0.25) is 5.88 Å². The van der Waals surface area contributed by atoms with Crippen LogP contribution in [0, 0.1) is 0 Å². The first-order valence-corrected chi connectivity index (χ1v) is 6.98. The summed E-state index contributed by atoms with van der Waals surface area (Å²) in [5.74, 6) is 1.41. The fourth-order valence-electron chi connectivity index (χ4n) is 2.50. The largest absolute Gasteiger partial charge is 0.480 e. The zero-order valence-corrected chi connectivity index (χ0v) is 12.1. The van der Waals surface area contributed by atoms with Crippen LogP contribution >= 0.6 is 0 Å². The van der Waals surface area contributed by atoms with Crippen LogP contribution in [0.5, 0.6) is 5.88 Å². The average Bonchev–Trinajstić information content (AvgIpc) is 2.55. The molecule has 110 valence electrons. The summed E-state index contributed by atoms with van der Waals surface area (Å²) in [5.41, 5.74) is 7.82. The molecule has 0 saturated carbocycles. The normalized spacial score (nSPS) is 15.1. The van der Waals surface area contributed by atoms with Crippen LogP contribution in [0.15, 0.2) is 36.7 Å². The van der Waals surface area contributed by atoms with E-state index in [9.17, 15) is 0 Å². The van der Waals surface area contributed by atoms with Gasteiger partial charge in [-0.2, -0.15) is 4.98 Å². The summed E-state index contributed by atoms with van der Waals surface area (Å²) in [6.45, 7) is 3.66. The molecule has 0 atom stereocenters. The third-order valence-electron chi connectivity index (χ3n) is 3.65. The molecule has 1 aromatic heterocycles. The van der Waals surface area contributed by atoms with Crippen molar-refractivity contribution in [1.29, 1.82) is 0 Å². The number of hydrogen-bond donors (Lipinski definition) is 1. The molecule has 0 aliphatic carbocycles. The molecule has 0 spiro atoms. The van der Waals surface area contributed by atoms with E-state index in [1.54, 1.807) is 19.5 Å². The lowest BCUT2D eigenvalue weighted by Crippen LogP contribution is -2.46. The Morgan fingerprint density at radius 3 is 2.57 bits per heavy atom. The van der Waals surface area contributed by atoms with Crippen LogP contribution < -0.4 is 20.3 Å². The molecule has 6 heteroatoms. The predicted octanol–water partition coefficient (Wildman–Crippen LogP) is 1.39. The van der Waals surface area contributed by atoms with E-state index in [-0.39, 0.29) is 0 Å². The molecular formula is C15H19N5O. The first-order valence-electron chi connectivity index (χ1n) is 6.98. The summed E-state index contributed by atoms with van der Waals surface area (Å²) >= 11 is 0. The Bertz CT molecular complexity index is 611. The van der Waals surface area contributed by atoms with Crippen molar-refractivity contribution in [3.63, 3.8) is 0 Å². The number of anilines is 3. The monoisotopic (exact) mass is 285 g/mol. The molecular weight excluding hydrogens is 266 g/mol. The molecule has 0 amide bonds. The van der Waals surface area contributed by atoms with Crippen LogP contribution in [0.4, 0.5) is 17.2 Å². The maximum absolute atomic E-state index is 5.85. The third-order valence-corrected chi connectivity index (χ3v) is 3.65. The molecule has 1 aliphatic heterocycles. The number of methoxy groups -OCH3 is 1. The highest BCUT2D eigenvalue weighted by Gasteiger charge is 2.19. The van der Waals surface area contributed by atoms with Gasteiger partial charge in [0.25, 0.3) is 0 Å². The average molecular weight is 285 g/mol. The molecule has 21 heavy (non-hydrogen) atoms. The van der Waals surface area contributed by atoms with E-state index in [1.807, 2.05) is 18.2 Å². The van der Waals surface area contributed by atoms with Gasteiger partial charge in [-0.1, -0.05) is 6.07 Å². The number of piperazine rings is 1. The Labute approximate surface area is 124 Å². The number of nitrogens with zero attached hydrogens (tertiary/aromatic N) is 4. The Morgan fingerprint density at radius 1 is 1.10 bits per heavy atom. The van der Waals surface area contributed by atoms with Gasteiger partial charge in [0, 0.05) is 37.6 Å². The maximum Gasteiger partial charge on any atom is 0.233 e.